The number of likely N-dealkylation sites (tertiary alicyclic amines) is 1. The second-order valence-corrected chi connectivity index (χ2v) is 9.24. The average Bonchev–Trinajstić information content (AvgIpc) is 3.30. The van der Waals surface area contributed by atoms with Crippen LogP contribution in [0.2, 0.25) is 0 Å². The number of amides is 1. The molecule has 3 aliphatic carbocycles. The van der Waals surface area contributed by atoms with Crippen molar-refractivity contribution in [2.45, 2.75) is 56.5 Å². The summed E-state index contributed by atoms with van der Waals surface area (Å²) in [6.45, 7) is 1.90. The van der Waals surface area contributed by atoms with E-state index in [1.54, 1.807) is 7.11 Å². The van der Waals surface area contributed by atoms with Crippen molar-refractivity contribution in [2.75, 3.05) is 33.4 Å². The number of rotatable bonds is 7. The molecule has 5 nitrogen and oxygen atoms in total. The lowest BCUT2D eigenvalue weighted by atomic mass is 9.51. The van der Waals surface area contributed by atoms with Crippen LogP contribution in [0.4, 0.5) is 4.39 Å². The normalized spacial score (nSPS) is 31.2. The second-order valence-electron chi connectivity index (χ2n) is 9.24. The molecule has 4 fully saturated rings. The first-order valence-electron chi connectivity index (χ1n) is 11.1. The van der Waals surface area contributed by atoms with Gasteiger partial charge >= 0.3 is 0 Å². The zero-order valence-corrected chi connectivity index (χ0v) is 17.9. The van der Waals surface area contributed by atoms with E-state index in [1.165, 1.54) is 5.56 Å². The van der Waals surface area contributed by atoms with Gasteiger partial charge in [0.15, 0.2) is 0 Å². The molecule has 3 saturated carbocycles. The lowest BCUT2D eigenvalue weighted by molar-refractivity contribution is -0.148. The second kappa shape index (κ2) is 8.67. The molecule has 0 spiro atoms. The van der Waals surface area contributed by atoms with Gasteiger partial charge in [0.05, 0.1) is 12.4 Å². The molecule has 4 aliphatic rings. The molecule has 1 aliphatic heterocycles. The minimum absolute atomic E-state index is 0.154. The Balaban J connectivity index is 1.38. The fraction of sp³-hybridized carbons (Fsp3) is 0.625. The monoisotopic (exact) mass is 416 g/mol. The maximum Gasteiger partial charge on any atom is 0.228 e. The highest BCUT2D eigenvalue weighted by Crippen LogP contribution is 2.58. The highest BCUT2D eigenvalue weighted by molar-refractivity contribution is 5.83. The van der Waals surface area contributed by atoms with Gasteiger partial charge in [-0.05, 0) is 68.1 Å². The van der Waals surface area contributed by atoms with Crippen molar-refractivity contribution < 1.29 is 18.7 Å². The Kier molecular flexibility index (Phi) is 6.16. The molecule has 2 N–H and O–H groups in total. The van der Waals surface area contributed by atoms with Gasteiger partial charge in [-0.25, -0.2) is 4.39 Å². The third-order valence-electron chi connectivity index (χ3n) is 7.77. The predicted molar refractivity (Wildman–Crippen MR) is 114 cm³/mol. The van der Waals surface area contributed by atoms with Crippen molar-refractivity contribution >= 4 is 5.91 Å². The third-order valence-corrected chi connectivity index (χ3v) is 7.77. The number of hydrogen-bond donors (Lipinski definition) is 1. The molecule has 164 valence electrons. The molecule has 1 saturated heterocycles. The molecule has 0 unspecified atom stereocenters. The number of nitrogens with zero attached hydrogens (tertiary/aromatic N) is 1. The number of hydrogen-bond acceptors (Lipinski definition) is 4. The van der Waals surface area contributed by atoms with E-state index in [-0.39, 0.29) is 30.1 Å². The molecular formula is C24H33FN2O3. The van der Waals surface area contributed by atoms with Crippen LogP contribution < -0.4 is 10.5 Å². The molecule has 1 amide bonds. The number of fused-ring (bicyclic) bond motifs is 3. The van der Waals surface area contributed by atoms with E-state index in [0.717, 1.165) is 63.8 Å². The Morgan fingerprint density at radius 1 is 1.20 bits per heavy atom. The summed E-state index contributed by atoms with van der Waals surface area (Å²) in [5.41, 5.74) is 7.25. The van der Waals surface area contributed by atoms with Crippen LogP contribution in [0.3, 0.4) is 0 Å². The summed E-state index contributed by atoms with van der Waals surface area (Å²) in [4.78, 5) is 15.4. The number of carbonyl (C=O) groups excluding carboxylic acids is 1. The van der Waals surface area contributed by atoms with Crippen LogP contribution in [-0.4, -0.2) is 50.3 Å². The summed E-state index contributed by atoms with van der Waals surface area (Å²) >= 11 is 0. The van der Waals surface area contributed by atoms with Gasteiger partial charge in [-0.15, -0.1) is 0 Å². The molecule has 6 heteroatoms. The number of halogens is 1. The van der Waals surface area contributed by atoms with Gasteiger partial charge in [-0.2, -0.15) is 0 Å². The molecule has 0 aromatic heterocycles. The fourth-order valence-corrected chi connectivity index (χ4v) is 5.60. The summed E-state index contributed by atoms with van der Waals surface area (Å²) < 4.78 is 23.7. The van der Waals surface area contributed by atoms with Crippen LogP contribution in [0.25, 0.3) is 0 Å². The van der Waals surface area contributed by atoms with E-state index < -0.39 is 0 Å². The average molecular weight is 417 g/mol. The minimum atomic E-state index is -0.162. The molecule has 0 radical (unpaired) electrons. The van der Waals surface area contributed by atoms with Crippen LogP contribution in [0.5, 0.6) is 5.75 Å². The molecule has 2 bridgehead atoms. The highest BCUT2D eigenvalue weighted by Gasteiger charge is 2.54. The van der Waals surface area contributed by atoms with Gasteiger partial charge in [0.25, 0.3) is 0 Å². The Hall–Kier alpha value is -1.92. The number of benzene rings is 1. The lowest BCUT2D eigenvalue weighted by Gasteiger charge is -2.53. The van der Waals surface area contributed by atoms with E-state index >= 15 is 0 Å². The van der Waals surface area contributed by atoms with E-state index in [1.807, 2.05) is 17.0 Å². The first-order chi connectivity index (χ1) is 14.5. The van der Waals surface area contributed by atoms with Gasteiger partial charge in [-0.3, -0.25) is 4.79 Å². The largest absolute Gasteiger partial charge is 0.489 e. The smallest absolute Gasteiger partial charge is 0.228 e. The van der Waals surface area contributed by atoms with Gasteiger partial charge in [-0.1, -0.05) is 12.1 Å². The van der Waals surface area contributed by atoms with Crippen molar-refractivity contribution in [1.82, 2.24) is 4.90 Å². The molecule has 1 aromatic carbocycles. The maximum absolute atomic E-state index is 13.3. The number of carbonyl (C=O) groups is 1. The van der Waals surface area contributed by atoms with Crippen LogP contribution in [-0.2, 0) is 14.9 Å². The van der Waals surface area contributed by atoms with Crippen LogP contribution >= 0.6 is 0 Å². The zero-order chi connectivity index (χ0) is 21.2. The zero-order valence-electron chi connectivity index (χ0n) is 17.9. The molecule has 30 heavy (non-hydrogen) atoms. The summed E-state index contributed by atoms with van der Waals surface area (Å²) in [6, 6.07) is 8.21. The van der Waals surface area contributed by atoms with Gasteiger partial charge < -0.3 is 20.1 Å². The van der Waals surface area contributed by atoms with E-state index in [9.17, 15) is 9.18 Å². The SMILES string of the molecule is CO[C@H]1CCN(C(=O)C23CCC(c4ccc(OC/C(=C/F)CN)cc4)(CC2)CC3)C1. The van der Waals surface area contributed by atoms with Crippen molar-refractivity contribution in [3.05, 3.63) is 41.7 Å². The summed E-state index contributed by atoms with van der Waals surface area (Å²) in [7, 11) is 1.73. The lowest BCUT2D eigenvalue weighted by Crippen LogP contribution is -2.52. The van der Waals surface area contributed by atoms with Crippen molar-refractivity contribution in [2.24, 2.45) is 11.1 Å². The Bertz CT molecular complexity index is 768. The first-order valence-corrected chi connectivity index (χ1v) is 11.1. The van der Waals surface area contributed by atoms with Crippen LogP contribution in [0.1, 0.15) is 50.5 Å². The van der Waals surface area contributed by atoms with Crippen LogP contribution in [0, 0.1) is 5.41 Å². The topological polar surface area (TPSA) is 64.8 Å². The van der Waals surface area contributed by atoms with Crippen molar-refractivity contribution in [3.8, 4) is 5.75 Å². The molecule has 1 heterocycles. The quantitative estimate of drug-likeness (QED) is 0.736. The molecule has 1 aromatic rings. The Labute approximate surface area is 178 Å². The Morgan fingerprint density at radius 3 is 2.40 bits per heavy atom. The summed E-state index contributed by atoms with van der Waals surface area (Å²) in [5.74, 6) is 1.08. The fourth-order valence-electron chi connectivity index (χ4n) is 5.60. The number of nitrogens with two attached hydrogens (primary N) is 1. The molecule has 5 rings (SSSR count). The van der Waals surface area contributed by atoms with Gasteiger partial charge in [0.2, 0.25) is 5.91 Å². The highest BCUT2D eigenvalue weighted by atomic mass is 19.1. The summed E-state index contributed by atoms with van der Waals surface area (Å²) in [5, 5.41) is 0. The van der Waals surface area contributed by atoms with E-state index in [2.05, 4.69) is 12.1 Å². The van der Waals surface area contributed by atoms with Gasteiger partial charge in [0, 0.05) is 37.7 Å². The van der Waals surface area contributed by atoms with E-state index in [0.29, 0.717) is 17.8 Å². The first kappa shape index (κ1) is 21.3. The third kappa shape index (κ3) is 3.87. The minimum Gasteiger partial charge on any atom is -0.489 e. The molecule has 1 atom stereocenters. The number of ether oxygens (including phenoxy) is 2. The predicted octanol–water partition coefficient (Wildman–Crippen LogP) is 3.72. The number of methoxy groups -OCH3 is 1. The molecular weight excluding hydrogens is 383 g/mol. The Morgan fingerprint density at radius 2 is 1.87 bits per heavy atom. The maximum atomic E-state index is 13.3. The summed E-state index contributed by atoms with van der Waals surface area (Å²) in [6.07, 6.45) is 7.75. The van der Waals surface area contributed by atoms with Crippen molar-refractivity contribution in [1.29, 1.82) is 0 Å². The van der Waals surface area contributed by atoms with E-state index in [4.69, 9.17) is 15.2 Å². The standard InChI is InChI=1S/C24H33FN2O3/c1-29-21-6-13-27(16-21)22(28)24-10-7-23(8-11-24,9-12-24)19-2-4-20(5-3-19)30-17-18(14-25)15-26/h2-5,14,21H,6-13,15-17,26H2,1H3/b18-14+/t21-,23?,24?/m0/s1. The van der Waals surface area contributed by atoms with Gasteiger partial charge in [0.1, 0.15) is 12.4 Å². The van der Waals surface area contributed by atoms with Crippen molar-refractivity contribution in [3.63, 3.8) is 0 Å². The van der Waals surface area contributed by atoms with Crippen LogP contribution in [0.15, 0.2) is 36.2 Å².